The van der Waals surface area contributed by atoms with Gasteiger partial charge in [0.15, 0.2) is 0 Å². The first-order valence-corrected chi connectivity index (χ1v) is 5.40. The van der Waals surface area contributed by atoms with Crippen molar-refractivity contribution in [3.05, 3.63) is 0 Å². The van der Waals surface area contributed by atoms with Crippen LogP contribution in [-0.2, 0) is 19.1 Å². The molecule has 1 N–H and O–H groups in total. The van der Waals surface area contributed by atoms with Gasteiger partial charge >= 0.3 is 5.97 Å². The first kappa shape index (κ1) is 13.9. The van der Waals surface area contributed by atoms with Crippen molar-refractivity contribution in [2.45, 2.75) is 32.0 Å². The Hall–Kier alpha value is -1.14. The maximum absolute atomic E-state index is 11.9. The van der Waals surface area contributed by atoms with E-state index in [9.17, 15) is 9.59 Å². The van der Waals surface area contributed by atoms with E-state index in [0.29, 0.717) is 13.1 Å². The number of carboxylic acids is 1. The average Bonchev–Trinajstić information content (AvgIpc) is 2.21. The lowest BCUT2D eigenvalue weighted by atomic mass is 9.93. The largest absolute Gasteiger partial charge is 0.480 e. The summed E-state index contributed by atoms with van der Waals surface area (Å²) in [6.07, 6.45) is 0. The van der Waals surface area contributed by atoms with Gasteiger partial charge in [-0.3, -0.25) is 4.79 Å². The fourth-order valence-electron chi connectivity index (χ4n) is 1.70. The summed E-state index contributed by atoms with van der Waals surface area (Å²) >= 11 is 0. The van der Waals surface area contributed by atoms with Gasteiger partial charge in [-0.15, -0.1) is 0 Å². The lowest BCUT2D eigenvalue weighted by molar-refractivity contribution is -0.184. The van der Waals surface area contributed by atoms with Crippen LogP contribution >= 0.6 is 0 Å². The Morgan fingerprint density at radius 1 is 1.41 bits per heavy atom. The van der Waals surface area contributed by atoms with E-state index in [0.717, 1.165) is 0 Å². The smallest absolute Gasteiger partial charge is 0.329 e. The molecule has 6 heteroatoms. The van der Waals surface area contributed by atoms with Crippen LogP contribution in [0, 0.1) is 0 Å². The van der Waals surface area contributed by atoms with Crippen LogP contribution in [0.1, 0.15) is 20.8 Å². The second-order valence-corrected chi connectivity index (χ2v) is 5.01. The molecule has 1 amide bonds. The molecule has 0 spiro atoms. The molecule has 17 heavy (non-hydrogen) atoms. The van der Waals surface area contributed by atoms with Crippen molar-refractivity contribution in [2.24, 2.45) is 0 Å². The summed E-state index contributed by atoms with van der Waals surface area (Å²) in [5.74, 6) is -1.12. The van der Waals surface area contributed by atoms with Crippen LogP contribution in [0.3, 0.4) is 0 Å². The molecule has 0 unspecified atom stereocenters. The molecule has 0 aromatic carbocycles. The summed E-state index contributed by atoms with van der Waals surface area (Å²) in [5.41, 5.74) is -1.41. The van der Waals surface area contributed by atoms with Crippen molar-refractivity contribution >= 4 is 11.9 Å². The van der Waals surface area contributed by atoms with Crippen molar-refractivity contribution in [3.63, 3.8) is 0 Å². The predicted molar refractivity (Wildman–Crippen MR) is 59.7 cm³/mol. The SMILES string of the molecule is COC(C)(C)C(=O)N1CC(C)(OCC(=O)O)C1. The maximum Gasteiger partial charge on any atom is 0.329 e. The van der Waals surface area contributed by atoms with E-state index in [1.54, 1.807) is 25.7 Å². The number of nitrogens with zero attached hydrogens (tertiary/aromatic N) is 1. The highest BCUT2D eigenvalue weighted by Gasteiger charge is 2.46. The van der Waals surface area contributed by atoms with E-state index in [-0.39, 0.29) is 12.5 Å². The second kappa shape index (κ2) is 4.62. The fraction of sp³-hybridized carbons (Fsp3) is 0.818. The number of ether oxygens (including phenoxy) is 2. The van der Waals surface area contributed by atoms with Crippen LogP contribution in [0.15, 0.2) is 0 Å². The molecule has 1 heterocycles. The Labute approximate surface area is 100 Å². The number of carbonyl (C=O) groups is 2. The Morgan fingerprint density at radius 2 is 1.94 bits per heavy atom. The van der Waals surface area contributed by atoms with Crippen LogP contribution in [0.4, 0.5) is 0 Å². The molecular formula is C11H19NO5. The number of likely N-dealkylation sites (tertiary alicyclic amines) is 1. The zero-order valence-corrected chi connectivity index (χ0v) is 10.6. The second-order valence-electron chi connectivity index (χ2n) is 5.01. The highest BCUT2D eigenvalue weighted by Crippen LogP contribution is 2.27. The molecule has 0 bridgehead atoms. The van der Waals surface area contributed by atoms with Gasteiger partial charge in [-0.25, -0.2) is 4.79 Å². The van der Waals surface area contributed by atoms with Gasteiger partial charge in [0.1, 0.15) is 17.8 Å². The monoisotopic (exact) mass is 245 g/mol. The van der Waals surface area contributed by atoms with E-state index in [1.807, 2.05) is 0 Å². The highest BCUT2D eigenvalue weighted by atomic mass is 16.5. The quantitative estimate of drug-likeness (QED) is 0.744. The molecule has 1 aliphatic rings. The Kier molecular flexibility index (Phi) is 3.78. The minimum absolute atomic E-state index is 0.114. The topological polar surface area (TPSA) is 76.1 Å². The number of carboxylic acid groups (broad SMARTS) is 1. The van der Waals surface area contributed by atoms with Gasteiger partial charge in [0, 0.05) is 7.11 Å². The summed E-state index contributed by atoms with van der Waals surface area (Å²) < 4.78 is 10.3. The highest BCUT2D eigenvalue weighted by molar-refractivity contribution is 5.85. The van der Waals surface area contributed by atoms with Crippen LogP contribution in [0.2, 0.25) is 0 Å². The average molecular weight is 245 g/mol. The molecule has 1 saturated heterocycles. The molecule has 6 nitrogen and oxygen atoms in total. The molecule has 0 atom stereocenters. The van der Waals surface area contributed by atoms with Crippen molar-refractivity contribution in [1.29, 1.82) is 0 Å². The van der Waals surface area contributed by atoms with E-state index in [4.69, 9.17) is 14.6 Å². The third-order valence-electron chi connectivity index (χ3n) is 2.91. The standard InChI is InChI=1S/C11H19NO5/c1-10(2,16-4)9(15)12-6-11(3,7-12)17-5-8(13)14/h5-7H2,1-4H3,(H,13,14). The summed E-state index contributed by atoms with van der Waals surface area (Å²) in [4.78, 5) is 23.9. The molecule has 0 saturated carbocycles. The Balaban J connectivity index is 2.45. The lowest BCUT2D eigenvalue weighted by Crippen LogP contribution is -2.66. The van der Waals surface area contributed by atoms with E-state index < -0.39 is 17.2 Å². The van der Waals surface area contributed by atoms with Crippen molar-refractivity contribution in [3.8, 4) is 0 Å². The number of hydrogen-bond donors (Lipinski definition) is 1. The van der Waals surface area contributed by atoms with E-state index >= 15 is 0 Å². The predicted octanol–water partition coefficient (Wildman–Crippen LogP) is 0.114. The van der Waals surface area contributed by atoms with Gasteiger partial charge in [0.05, 0.1) is 13.1 Å². The zero-order chi connectivity index (χ0) is 13.3. The van der Waals surface area contributed by atoms with E-state index in [1.165, 1.54) is 7.11 Å². The van der Waals surface area contributed by atoms with E-state index in [2.05, 4.69) is 0 Å². The third-order valence-corrected chi connectivity index (χ3v) is 2.91. The van der Waals surface area contributed by atoms with Gasteiger partial charge in [-0.1, -0.05) is 0 Å². The fourth-order valence-corrected chi connectivity index (χ4v) is 1.70. The lowest BCUT2D eigenvalue weighted by Gasteiger charge is -2.49. The Bertz CT molecular complexity index is 320. The molecule has 1 fully saturated rings. The van der Waals surface area contributed by atoms with Gasteiger partial charge in [-0.05, 0) is 20.8 Å². The molecule has 0 aromatic heterocycles. The van der Waals surface area contributed by atoms with Crippen molar-refractivity contribution < 1.29 is 24.2 Å². The summed E-state index contributed by atoms with van der Waals surface area (Å²) in [6.45, 7) is 5.63. The number of hydrogen-bond acceptors (Lipinski definition) is 4. The van der Waals surface area contributed by atoms with Crippen LogP contribution in [-0.4, -0.2) is 59.9 Å². The molecule has 1 aliphatic heterocycles. The molecular weight excluding hydrogens is 226 g/mol. The van der Waals surface area contributed by atoms with Crippen LogP contribution in [0.5, 0.6) is 0 Å². The molecule has 98 valence electrons. The normalized spacial score (nSPS) is 18.7. The van der Waals surface area contributed by atoms with Crippen molar-refractivity contribution in [2.75, 3.05) is 26.8 Å². The number of carbonyl (C=O) groups excluding carboxylic acids is 1. The van der Waals surface area contributed by atoms with Gasteiger partial charge < -0.3 is 19.5 Å². The molecule has 0 radical (unpaired) electrons. The number of rotatable bonds is 5. The molecule has 0 aromatic rings. The Morgan fingerprint density at radius 3 is 2.35 bits per heavy atom. The minimum Gasteiger partial charge on any atom is -0.480 e. The number of amides is 1. The zero-order valence-electron chi connectivity index (χ0n) is 10.6. The van der Waals surface area contributed by atoms with Gasteiger partial charge in [0.2, 0.25) is 0 Å². The van der Waals surface area contributed by atoms with Crippen LogP contribution in [0.25, 0.3) is 0 Å². The first-order chi connectivity index (χ1) is 7.70. The van der Waals surface area contributed by atoms with Gasteiger partial charge in [0.25, 0.3) is 5.91 Å². The number of aliphatic carboxylic acids is 1. The maximum atomic E-state index is 11.9. The minimum atomic E-state index is -1.01. The summed E-state index contributed by atoms with van der Waals surface area (Å²) in [7, 11) is 1.48. The molecule has 0 aliphatic carbocycles. The van der Waals surface area contributed by atoms with Gasteiger partial charge in [-0.2, -0.15) is 0 Å². The van der Waals surface area contributed by atoms with Crippen LogP contribution < -0.4 is 0 Å². The summed E-state index contributed by atoms with van der Waals surface area (Å²) in [6, 6.07) is 0. The number of methoxy groups -OCH3 is 1. The van der Waals surface area contributed by atoms with Crippen molar-refractivity contribution in [1.82, 2.24) is 4.90 Å². The first-order valence-electron chi connectivity index (χ1n) is 5.40. The summed E-state index contributed by atoms with van der Waals surface area (Å²) in [5, 5.41) is 8.51. The third kappa shape index (κ3) is 3.17. The molecule has 1 rings (SSSR count).